The molecule has 0 amide bonds. The molecule has 0 aliphatic carbocycles. The second-order valence-corrected chi connectivity index (χ2v) is 7.84. The minimum absolute atomic E-state index is 0.0360. The molecule has 11 nitrogen and oxygen atoms in total. The number of para-hydroxylation sites is 1. The lowest BCUT2D eigenvalue weighted by atomic mass is 10.0. The summed E-state index contributed by atoms with van der Waals surface area (Å²) in [6, 6.07) is 15.6. The number of phenolic OH excluding ortho intramolecular Hbond substituents is 2. The Hall–Kier alpha value is -4.87. The van der Waals surface area contributed by atoms with E-state index < -0.39 is 11.9 Å². The molecule has 0 radical (unpaired) electrons. The summed E-state index contributed by atoms with van der Waals surface area (Å²) < 4.78 is 9.53. The van der Waals surface area contributed by atoms with Gasteiger partial charge in [-0.3, -0.25) is 0 Å². The van der Waals surface area contributed by atoms with Crippen molar-refractivity contribution in [3.05, 3.63) is 77.4 Å². The van der Waals surface area contributed by atoms with Crippen LogP contribution in [0.25, 0.3) is 34.2 Å². The fourth-order valence-corrected chi connectivity index (χ4v) is 3.69. The summed E-state index contributed by atoms with van der Waals surface area (Å²) in [5.74, 6) is -1.19. The standard InChI is InChI=1S/C27H23N3O8/c1-35-26(33)16-10-8-15(9-11-16)23-28-24(19-6-4-5-7-20(19)31)30-25(29-23)22-18(14-38-37-3)12-17(13-21(22)32)27(34)36-2/h4-13,31-32H,14H2,1-3H3. The zero-order chi connectivity index (χ0) is 27.2. The monoisotopic (exact) mass is 517 g/mol. The summed E-state index contributed by atoms with van der Waals surface area (Å²) in [5.41, 5.74) is 1.75. The quantitative estimate of drug-likeness (QED) is 0.199. The van der Waals surface area contributed by atoms with Crippen LogP contribution in [0.1, 0.15) is 26.3 Å². The van der Waals surface area contributed by atoms with E-state index in [-0.39, 0.29) is 46.7 Å². The fourth-order valence-electron chi connectivity index (χ4n) is 3.69. The number of benzene rings is 3. The lowest BCUT2D eigenvalue weighted by Gasteiger charge is -2.14. The molecule has 3 aromatic carbocycles. The first-order chi connectivity index (χ1) is 18.4. The van der Waals surface area contributed by atoms with Gasteiger partial charge in [0, 0.05) is 5.56 Å². The van der Waals surface area contributed by atoms with E-state index in [2.05, 4.69) is 15.0 Å². The van der Waals surface area contributed by atoms with Crippen molar-refractivity contribution in [3.63, 3.8) is 0 Å². The number of phenols is 2. The molecule has 0 aliphatic rings. The number of rotatable bonds is 8. The van der Waals surface area contributed by atoms with Crippen LogP contribution in [0.15, 0.2) is 60.7 Å². The van der Waals surface area contributed by atoms with Crippen LogP contribution < -0.4 is 0 Å². The highest BCUT2D eigenvalue weighted by atomic mass is 17.2. The number of carbonyl (C=O) groups excluding carboxylic acids is 2. The summed E-state index contributed by atoms with van der Waals surface area (Å²) in [5, 5.41) is 21.4. The third-order valence-corrected chi connectivity index (χ3v) is 5.52. The van der Waals surface area contributed by atoms with E-state index in [1.165, 1.54) is 39.5 Å². The van der Waals surface area contributed by atoms with Crippen LogP contribution in [0.5, 0.6) is 11.5 Å². The maximum absolute atomic E-state index is 12.1. The molecule has 0 unspecified atom stereocenters. The second kappa shape index (κ2) is 11.5. The number of aromatic nitrogens is 3. The van der Waals surface area contributed by atoms with E-state index in [0.29, 0.717) is 22.3 Å². The first-order valence-corrected chi connectivity index (χ1v) is 11.2. The second-order valence-electron chi connectivity index (χ2n) is 7.84. The Morgan fingerprint density at radius 2 is 1.37 bits per heavy atom. The van der Waals surface area contributed by atoms with Crippen molar-refractivity contribution in [2.45, 2.75) is 6.61 Å². The Balaban J connectivity index is 1.95. The number of nitrogens with zero attached hydrogens (tertiary/aromatic N) is 3. The first-order valence-electron chi connectivity index (χ1n) is 11.2. The molecule has 1 aromatic heterocycles. The Morgan fingerprint density at radius 1 is 0.737 bits per heavy atom. The topological polar surface area (TPSA) is 150 Å². The van der Waals surface area contributed by atoms with Crippen LogP contribution in [0.2, 0.25) is 0 Å². The molecule has 0 bridgehead atoms. The number of methoxy groups -OCH3 is 2. The van der Waals surface area contributed by atoms with Crippen LogP contribution in [0.3, 0.4) is 0 Å². The van der Waals surface area contributed by atoms with Crippen LogP contribution in [0, 0.1) is 0 Å². The van der Waals surface area contributed by atoms with E-state index in [1.807, 2.05) is 0 Å². The minimum Gasteiger partial charge on any atom is -0.507 e. The maximum Gasteiger partial charge on any atom is 0.337 e. The van der Waals surface area contributed by atoms with Crippen LogP contribution in [0.4, 0.5) is 0 Å². The number of aromatic hydroxyl groups is 2. The van der Waals surface area contributed by atoms with Crippen molar-refractivity contribution in [1.29, 1.82) is 0 Å². The van der Waals surface area contributed by atoms with E-state index in [4.69, 9.17) is 19.2 Å². The molecule has 2 N–H and O–H groups in total. The third kappa shape index (κ3) is 5.43. The highest BCUT2D eigenvalue weighted by molar-refractivity contribution is 5.92. The molecule has 0 saturated carbocycles. The van der Waals surface area contributed by atoms with Gasteiger partial charge in [-0.1, -0.05) is 24.3 Å². The van der Waals surface area contributed by atoms with Crippen molar-refractivity contribution in [2.75, 3.05) is 21.3 Å². The van der Waals surface area contributed by atoms with Crippen LogP contribution in [-0.2, 0) is 25.9 Å². The van der Waals surface area contributed by atoms with E-state index >= 15 is 0 Å². The SMILES string of the molecule is COOCc1cc(C(=O)OC)cc(O)c1-c1nc(-c2ccc(C(=O)OC)cc2)nc(-c2ccccc2O)n1. The van der Waals surface area contributed by atoms with Crippen molar-refractivity contribution >= 4 is 11.9 Å². The Kier molecular flexibility index (Phi) is 7.90. The number of hydrogen-bond donors (Lipinski definition) is 2. The summed E-state index contributed by atoms with van der Waals surface area (Å²) in [6.45, 7) is -0.162. The summed E-state index contributed by atoms with van der Waals surface area (Å²) >= 11 is 0. The molecule has 0 atom stereocenters. The van der Waals surface area contributed by atoms with Gasteiger partial charge in [0.2, 0.25) is 0 Å². The molecule has 0 saturated heterocycles. The lowest BCUT2D eigenvalue weighted by molar-refractivity contribution is -0.282. The van der Waals surface area contributed by atoms with E-state index in [1.54, 1.807) is 42.5 Å². The molecule has 4 rings (SSSR count). The number of esters is 2. The average molecular weight is 517 g/mol. The van der Waals surface area contributed by atoms with Crippen LogP contribution >= 0.6 is 0 Å². The largest absolute Gasteiger partial charge is 0.507 e. The molecule has 0 spiro atoms. The van der Waals surface area contributed by atoms with Gasteiger partial charge in [0.1, 0.15) is 18.1 Å². The normalized spacial score (nSPS) is 10.7. The van der Waals surface area contributed by atoms with Crippen molar-refractivity contribution in [3.8, 4) is 45.7 Å². The number of ether oxygens (including phenoxy) is 2. The molecule has 194 valence electrons. The van der Waals surface area contributed by atoms with Crippen molar-refractivity contribution < 1.29 is 39.1 Å². The molecule has 11 heteroatoms. The average Bonchev–Trinajstić information content (AvgIpc) is 2.94. The van der Waals surface area contributed by atoms with Gasteiger partial charge in [-0.15, -0.1) is 0 Å². The van der Waals surface area contributed by atoms with Gasteiger partial charge >= 0.3 is 11.9 Å². The highest BCUT2D eigenvalue weighted by Gasteiger charge is 2.22. The molecule has 0 aliphatic heterocycles. The molecule has 4 aromatic rings. The number of carbonyl (C=O) groups is 2. The zero-order valence-corrected chi connectivity index (χ0v) is 20.7. The Bertz CT molecular complexity index is 1490. The summed E-state index contributed by atoms with van der Waals surface area (Å²) in [4.78, 5) is 47.4. The van der Waals surface area contributed by atoms with Crippen LogP contribution in [-0.4, -0.2) is 58.4 Å². The molecule has 38 heavy (non-hydrogen) atoms. The summed E-state index contributed by atoms with van der Waals surface area (Å²) in [6.07, 6.45) is 0. The molecule has 0 fully saturated rings. The first kappa shape index (κ1) is 26.2. The molecular weight excluding hydrogens is 494 g/mol. The van der Waals surface area contributed by atoms with Gasteiger partial charge in [0.15, 0.2) is 17.5 Å². The Labute approximate surface area is 217 Å². The van der Waals surface area contributed by atoms with Crippen molar-refractivity contribution in [1.82, 2.24) is 15.0 Å². The van der Waals surface area contributed by atoms with Gasteiger partial charge < -0.3 is 19.7 Å². The fraction of sp³-hybridized carbons (Fsp3) is 0.148. The lowest BCUT2D eigenvalue weighted by Crippen LogP contribution is -2.07. The molecular formula is C27H23N3O8. The Morgan fingerprint density at radius 3 is 2.03 bits per heavy atom. The van der Waals surface area contributed by atoms with E-state index in [0.717, 1.165) is 0 Å². The van der Waals surface area contributed by atoms with Gasteiger partial charge in [-0.2, -0.15) is 0 Å². The third-order valence-electron chi connectivity index (χ3n) is 5.52. The highest BCUT2D eigenvalue weighted by Crippen LogP contribution is 2.36. The van der Waals surface area contributed by atoms with Crippen molar-refractivity contribution in [2.24, 2.45) is 0 Å². The zero-order valence-electron chi connectivity index (χ0n) is 20.7. The number of hydrogen-bond acceptors (Lipinski definition) is 11. The van der Waals surface area contributed by atoms with Gasteiger partial charge in [0.25, 0.3) is 0 Å². The maximum atomic E-state index is 12.1. The van der Waals surface area contributed by atoms with Gasteiger partial charge in [0.05, 0.1) is 43.6 Å². The summed E-state index contributed by atoms with van der Waals surface area (Å²) in [7, 11) is 3.83. The molecule has 1 heterocycles. The van der Waals surface area contributed by atoms with Gasteiger partial charge in [-0.05, 0) is 42.0 Å². The predicted molar refractivity (Wildman–Crippen MR) is 134 cm³/mol. The van der Waals surface area contributed by atoms with E-state index in [9.17, 15) is 19.8 Å². The predicted octanol–water partition coefficient (Wildman–Crippen LogP) is 3.94. The minimum atomic E-state index is -0.664. The smallest absolute Gasteiger partial charge is 0.337 e. The van der Waals surface area contributed by atoms with Gasteiger partial charge in [-0.25, -0.2) is 34.3 Å².